The number of nitrogens with zero attached hydrogens (tertiary/aromatic N) is 3. The summed E-state index contributed by atoms with van der Waals surface area (Å²) in [5.41, 5.74) is 6.01. The number of carbonyl (C=O) groups is 1. The van der Waals surface area contributed by atoms with Crippen molar-refractivity contribution in [3.8, 4) is 0 Å². The van der Waals surface area contributed by atoms with Crippen LogP contribution in [0, 0.1) is 0 Å². The Kier molecular flexibility index (Phi) is 2.73. The number of aryl methyl sites for hydroxylation is 1. The number of carbonyl (C=O) groups excluding carboxylic acids is 1. The molecule has 1 amide bonds. The van der Waals surface area contributed by atoms with Crippen LogP contribution in [0.15, 0.2) is 12.5 Å². The van der Waals surface area contributed by atoms with Crippen molar-refractivity contribution in [2.24, 2.45) is 12.8 Å². The number of rotatable bonds is 4. The zero-order chi connectivity index (χ0) is 10.8. The minimum atomic E-state index is 0.00329. The van der Waals surface area contributed by atoms with Gasteiger partial charge in [0.15, 0.2) is 0 Å². The van der Waals surface area contributed by atoms with Crippen LogP contribution in [0.4, 0.5) is 0 Å². The second-order valence-corrected chi connectivity index (χ2v) is 3.94. The van der Waals surface area contributed by atoms with Gasteiger partial charge in [0, 0.05) is 32.4 Å². The number of amides is 1. The van der Waals surface area contributed by atoms with Crippen molar-refractivity contribution in [3.05, 3.63) is 18.2 Å². The molecule has 0 aromatic carbocycles. The zero-order valence-corrected chi connectivity index (χ0v) is 8.89. The lowest BCUT2D eigenvalue weighted by Crippen LogP contribution is -2.37. The van der Waals surface area contributed by atoms with Gasteiger partial charge < -0.3 is 15.2 Å². The van der Waals surface area contributed by atoms with E-state index in [-0.39, 0.29) is 5.91 Å². The maximum atomic E-state index is 12.0. The molecule has 82 valence electrons. The van der Waals surface area contributed by atoms with E-state index in [9.17, 15) is 4.79 Å². The Morgan fingerprint density at radius 3 is 2.93 bits per heavy atom. The van der Waals surface area contributed by atoms with Gasteiger partial charge in [0.25, 0.3) is 5.91 Å². The summed E-state index contributed by atoms with van der Waals surface area (Å²) >= 11 is 0. The minimum Gasteiger partial charge on any atom is -0.340 e. The molecular formula is C10H16N4O. The third-order valence-corrected chi connectivity index (χ3v) is 2.54. The Balaban J connectivity index is 2.10. The van der Waals surface area contributed by atoms with Gasteiger partial charge in [-0.2, -0.15) is 0 Å². The molecule has 1 aliphatic rings. The molecule has 0 spiro atoms. The molecule has 5 nitrogen and oxygen atoms in total. The second-order valence-electron chi connectivity index (χ2n) is 3.94. The summed E-state index contributed by atoms with van der Waals surface area (Å²) in [6, 6.07) is 0.392. The predicted octanol–water partition coefficient (Wildman–Crippen LogP) is -0.0166. The molecular weight excluding hydrogens is 192 g/mol. The van der Waals surface area contributed by atoms with Gasteiger partial charge in [0.2, 0.25) is 0 Å². The van der Waals surface area contributed by atoms with Gasteiger partial charge in [-0.3, -0.25) is 4.79 Å². The van der Waals surface area contributed by atoms with Crippen molar-refractivity contribution >= 4 is 5.91 Å². The molecule has 1 fully saturated rings. The van der Waals surface area contributed by atoms with Gasteiger partial charge in [-0.25, -0.2) is 4.98 Å². The summed E-state index contributed by atoms with van der Waals surface area (Å²) in [6.07, 6.45) is 5.58. The van der Waals surface area contributed by atoms with Crippen LogP contribution in [0.25, 0.3) is 0 Å². The van der Waals surface area contributed by atoms with Crippen molar-refractivity contribution in [1.29, 1.82) is 0 Å². The molecule has 0 atom stereocenters. The van der Waals surface area contributed by atoms with E-state index >= 15 is 0 Å². The fraction of sp³-hybridized carbons (Fsp3) is 0.600. The van der Waals surface area contributed by atoms with E-state index in [1.807, 2.05) is 11.9 Å². The van der Waals surface area contributed by atoms with Gasteiger partial charge in [0.05, 0.1) is 6.33 Å². The van der Waals surface area contributed by atoms with Crippen LogP contribution in [0.1, 0.15) is 23.3 Å². The fourth-order valence-electron chi connectivity index (χ4n) is 1.65. The number of imidazole rings is 1. The van der Waals surface area contributed by atoms with Crippen molar-refractivity contribution in [2.45, 2.75) is 18.9 Å². The molecule has 1 aliphatic carbocycles. The van der Waals surface area contributed by atoms with Crippen LogP contribution in [-0.2, 0) is 7.05 Å². The third-order valence-electron chi connectivity index (χ3n) is 2.54. The lowest BCUT2D eigenvalue weighted by Gasteiger charge is -2.20. The average Bonchev–Trinajstić information content (AvgIpc) is 2.96. The molecule has 1 aromatic rings. The van der Waals surface area contributed by atoms with E-state index in [0.29, 0.717) is 24.8 Å². The summed E-state index contributed by atoms with van der Waals surface area (Å²) in [5, 5.41) is 0. The number of nitrogens with two attached hydrogens (primary N) is 1. The smallest absolute Gasteiger partial charge is 0.274 e. The van der Waals surface area contributed by atoms with Gasteiger partial charge in [-0.15, -0.1) is 0 Å². The van der Waals surface area contributed by atoms with Gasteiger partial charge >= 0.3 is 0 Å². The van der Waals surface area contributed by atoms with Crippen molar-refractivity contribution < 1.29 is 4.79 Å². The van der Waals surface area contributed by atoms with Gasteiger partial charge in [0.1, 0.15) is 5.69 Å². The van der Waals surface area contributed by atoms with Crippen LogP contribution in [0.2, 0.25) is 0 Å². The van der Waals surface area contributed by atoms with E-state index in [2.05, 4.69) is 4.98 Å². The Hall–Kier alpha value is -1.36. The molecule has 0 saturated heterocycles. The highest BCUT2D eigenvalue weighted by Gasteiger charge is 2.33. The molecule has 1 aromatic heterocycles. The Bertz CT molecular complexity index is 356. The highest BCUT2D eigenvalue weighted by Crippen LogP contribution is 2.27. The first-order valence-corrected chi connectivity index (χ1v) is 5.21. The van der Waals surface area contributed by atoms with Crippen molar-refractivity contribution in [2.75, 3.05) is 13.1 Å². The standard InChI is InChI=1S/C10H16N4O/c1-13-6-9(12-7-13)10(15)14(5-4-11)8-2-3-8/h6-8H,2-5,11H2,1H3. The molecule has 5 heteroatoms. The number of hydrogen-bond acceptors (Lipinski definition) is 3. The molecule has 0 bridgehead atoms. The molecule has 2 N–H and O–H groups in total. The summed E-state index contributed by atoms with van der Waals surface area (Å²) in [7, 11) is 1.86. The highest BCUT2D eigenvalue weighted by atomic mass is 16.2. The molecule has 0 aliphatic heterocycles. The largest absolute Gasteiger partial charge is 0.340 e. The minimum absolute atomic E-state index is 0.00329. The summed E-state index contributed by atoms with van der Waals surface area (Å²) in [4.78, 5) is 17.9. The van der Waals surface area contributed by atoms with Crippen LogP contribution >= 0.6 is 0 Å². The van der Waals surface area contributed by atoms with Gasteiger partial charge in [-0.05, 0) is 12.8 Å². The fourth-order valence-corrected chi connectivity index (χ4v) is 1.65. The van der Waals surface area contributed by atoms with E-state index in [4.69, 9.17) is 5.73 Å². The Labute approximate surface area is 88.9 Å². The Morgan fingerprint density at radius 1 is 1.73 bits per heavy atom. The first-order chi connectivity index (χ1) is 7.22. The van der Waals surface area contributed by atoms with Crippen LogP contribution in [0.3, 0.4) is 0 Å². The van der Waals surface area contributed by atoms with E-state index in [1.54, 1.807) is 17.1 Å². The summed E-state index contributed by atoms with van der Waals surface area (Å²) in [5.74, 6) is 0.00329. The highest BCUT2D eigenvalue weighted by molar-refractivity contribution is 5.92. The number of aromatic nitrogens is 2. The maximum Gasteiger partial charge on any atom is 0.274 e. The summed E-state index contributed by atoms with van der Waals surface area (Å²) < 4.78 is 1.78. The van der Waals surface area contributed by atoms with Gasteiger partial charge in [-0.1, -0.05) is 0 Å². The normalized spacial score (nSPS) is 15.3. The molecule has 0 unspecified atom stereocenters. The lowest BCUT2D eigenvalue weighted by molar-refractivity contribution is 0.0742. The molecule has 1 heterocycles. The zero-order valence-electron chi connectivity index (χ0n) is 8.89. The first kappa shape index (κ1) is 10.2. The maximum absolute atomic E-state index is 12.0. The monoisotopic (exact) mass is 208 g/mol. The van der Waals surface area contributed by atoms with E-state index in [1.165, 1.54) is 0 Å². The topological polar surface area (TPSA) is 64.2 Å². The van der Waals surface area contributed by atoms with Crippen molar-refractivity contribution in [3.63, 3.8) is 0 Å². The van der Waals surface area contributed by atoms with E-state index < -0.39 is 0 Å². The Morgan fingerprint density at radius 2 is 2.47 bits per heavy atom. The van der Waals surface area contributed by atoms with Crippen molar-refractivity contribution in [1.82, 2.24) is 14.5 Å². The number of hydrogen-bond donors (Lipinski definition) is 1. The average molecular weight is 208 g/mol. The summed E-state index contributed by atoms with van der Waals surface area (Å²) in [6.45, 7) is 1.13. The molecule has 2 rings (SSSR count). The SMILES string of the molecule is Cn1cnc(C(=O)N(CCN)C2CC2)c1. The second kappa shape index (κ2) is 4.02. The first-order valence-electron chi connectivity index (χ1n) is 5.21. The van der Waals surface area contributed by atoms with E-state index in [0.717, 1.165) is 12.8 Å². The van der Waals surface area contributed by atoms with Crippen LogP contribution in [-0.4, -0.2) is 39.5 Å². The lowest BCUT2D eigenvalue weighted by atomic mass is 10.3. The van der Waals surface area contributed by atoms with Crippen LogP contribution in [0.5, 0.6) is 0 Å². The molecule has 15 heavy (non-hydrogen) atoms. The predicted molar refractivity (Wildman–Crippen MR) is 56.3 cm³/mol. The quantitative estimate of drug-likeness (QED) is 0.756. The molecule has 0 radical (unpaired) electrons. The third kappa shape index (κ3) is 2.18. The molecule has 1 saturated carbocycles. The van der Waals surface area contributed by atoms with Crippen LogP contribution < -0.4 is 5.73 Å².